The van der Waals surface area contributed by atoms with Crippen LogP contribution in [-0.2, 0) is 4.74 Å². The Morgan fingerprint density at radius 2 is 1.17 bits per heavy atom. The number of hydrogen-bond acceptors (Lipinski definition) is 3. The molecule has 0 saturated carbocycles. The molecule has 3 unspecified atom stereocenters. The molecule has 0 aromatic heterocycles. The van der Waals surface area contributed by atoms with Crippen molar-refractivity contribution in [3.8, 4) is 23.7 Å². The third-order valence-corrected chi connectivity index (χ3v) is 5.05. The molecule has 3 aromatic rings. The topological polar surface area (TPSA) is 49.7 Å². The first kappa shape index (κ1) is 20.0. The molecule has 3 nitrogen and oxygen atoms in total. The lowest BCUT2D eigenvalue weighted by Gasteiger charge is -2.12. The Hall–Kier alpha value is -3.34. The lowest BCUT2D eigenvalue weighted by Crippen LogP contribution is -2.24. The third kappa shape index (κ3) is 4.98. The van der Waals surface area contributed by atoms with Crippen molar-refractivity contribution in [3.63, 3.8) is 0 Å². The van der Waals surface area contributed by atoms with Crippen LogP contribution in [0.4, 0.5) is 0 Å². The first-order valence-corrected chi connectivity index (χ1v) is 9.95. The minimum Gasteiger partial charge on any atom is -0.394 e. The summed E-state index contributed by atoms with van der Waals surface area (Å²) in [6, 6.07) is 25.6. The quantitative estimate of drug-likeness (QED) is 0.652. The summed E-state index contributed by atoms with van der Waals surface area (Å²) in [7, 11) is 0. The van der Waals surface area contributed by atoms with Gasteiger partial charge in [0.1, 0.15) is 6.10 Å². The Morgan fingerprint density at radius 1 is 0.700 bits per heavy atom. The highest BCUT2D eigenvalue weighted by atomic mass is 16.5. The van der Waals surface area contributed by atoms with E-state index in [1.807, 2.05) is 78.9 Å². The van der Waals surface area contributed by atoms with Gasteiger partial charge in [-0.25, -0.2) is 0 Å². The highest BCUT2D eigenvalue weighted by molar-refractivity contribution is 5.48. The molecule has 1 saturated heterocycles. The molecule has 0 radical (unpaired) electrons. The first-order chi connectivity index (χ1) is 14.7. The van der Waals surface area contributed by atoms with Crippen LogP contribution in [0.2, 0.25) is 0 Å². The maximum atomic E-state index is 9.88. The van der Waals surface area contributed by atoms with Gasteiger partial charge in [-0.15, -0.1) is 0 Å². The van der Waals surface area contributed by atoms with Gasteiger partial charge in [0.2, 0.25) is 0 Å². The van der Waals surface area contributed by atoms with E-state index in [9.17, 15) is 10.2 Å². The molecule has 0 bridgehead atoms. The number of rotatable bonds is 2. The van der Waals surface area contributed by atoms with Crippen LogP contribution in [0.5, 0.6) is 0 Å². The van der Waals surface area contributed by atoms with Gasteiger partial charge in [0, 0.05) is 28.7 Å². The molecular weight excluding hydrogens is 372 g/mol. The molecule has 3 heteroatoms. The molecule has 30 heavy (non-hydrogen) atoms. The van der Waals surface area contributed by atoms with Crippen LogP contribution in [0, 0.1) is 23.7 Å². The highest BCUT2D eigenvalue weighted by Gasteiger charge is 2.33. The smallest absolute Gasteiger partial charge is 0.107 e. The van der Waals surface area contributed by atoms with Gasteiger partial charge in [-0.1, -0.05) is 54.0 Å². The fraction of sp³-hybridized carbons (Fsp3) is 0.185. The fourth-order valence-corrected chi connectivity index (χ4v) is 3.34. The monoisotopic (exact) mass is 394 g/mol. The summed E-state index contributed by atoms with van der Waals surface area (Å²) in [4.78, 5) is 0. The van der Waals surface area contributed by atoms with Crippen LogP contribution in [0.15, 0.2) is 78.9 Å². The molecule has 148 valence electrons. The van der Waals surface area contributed by atoms with E-state index < -0.39 is 12.2 Å². The van der Waals surface area contributed by atoms with Crippen molar-refractivity contribution in [2.75, 3.05) is 6.61 Å². The van der Waals surface area contributed by atoms with Crippen LogP contribution in [0.3, 0.4) is 0 Å². The van der Waals surface area contributed by atoms with Crippen LogP contribution < -0.4 is 0 Å². The second-order valence-corrected chi connectivity index (χ2v) is 7.21. The zero-order valence-corrected chi connectivity index (χ0v) is 16.5. The number of aliphatic hydroxyl groups is 2. The molecule has 1 heterocycles. The second kappa shape index (κ2) is 9.44. The number of aliphatic hydroxyl groups excluding tert-OH is 2. The normalized spacial score (nSPS) is 20.0. The van der Waals surface area contributed by atoms with E-state index in [2.05, 4.69) is 23.7 Å². The SMILES string of the molecule is OCC1OC(c2ccc(C#Cc3ccc(C#Cc4ccccc4)cc3)cc2)CC1O. The summed E-state index contributed by atoms with van der Waals surface area (Å²) >= 11 is 0. The van der Waals surface area contributed by atoms with Crippen molar-refractivity contribution in [3.05, 3.63) is 107 Å². The summed E-state index contributed by atoms with van der Waals surface area (Å²) in [5, 5.41) is 19.1. The Morgan fingerprint density at radius 3 is 1.63 bits per heavy atom. The predicted octanol–water partition coefficient (Wildman–Crippen LogP) is 3.67. The van der Waals surface area contributed by atoms with Crippen LogP contribution in [0.25, 0.3) is 0 Å². The molecule has 1 aliphatic heterocycles. The van der Waals surface area contributed by atoms with Crippen LogP contribution in [-0.4, -0.2) is 29.0 Å². The van der Waals surface area contributed by atoms with Crippen molar-refractivity contribution >= 4 is 0 Å². The van der Waals surface area contributed by atoms with E-state index in [1.165, 1.54) is 0 Å². The Labute approximate surface area is 177 Å². The lowest BCUT2D eigenvalue weighted by molar-refractivity contribution is -0.0225. The van der Waals surface area contributed by atoms with Gasteiger partial charge >= 0.3 is 0 Å². The molecule has 2 N–H and O–H groups in total. The number of benzene rings is 3. The van der Waals surface area contributed by atoms with Crippen LogP contribution >= 0.6 is 0 Å². The number of ether oxygens (including phenoxy) is 1. The minimum absolute atomic E-state index is 0.169. The van der Waals surface area contributed by atoms with Gasteiger partial charge in [-0.3, -0.25) is 0 Å². The van der Waals surface area contributed by atoms with Gasteiger partial charge < -0.3 is 14.9 Å². The van der Waals surface area contributed by atoms with E-state index in [1.54, 1.807) is 0 Å². The van der Waals surface area contributed by atoms with Crippen molar-refractivity contribution in [1.29, 1.82) is 0 Å². The molecule has 0 aliphatic carbocycles. The molecule has 0 spiro atoms. The van der Waals surface area contributed by atoms with E-state index in [-0.39, 0.29) is 12.7 Å². The maximum absolute atomic E-state index is 9.88. The zero-order chi connectivity index (χ0) is 20.8. The van der Waals surface area contributed by atoms with Gasteiger partial charge in [0.15, 0.2) is 0 Å². The Kier molecular flexibility index (Phi) is 6.28. The molecule has 0 amide bonds. The van der Waals surface area contributed by atoms with E-state index in [4.69, 9.17) is 4.74 Å². The maximum Gasteiger partial charge on any atom is 0.107 e. The van der Waals surface area contributed by atoms with Crippen LogP contribution in [0.1, 0.15) is 40.3 Å². The lowest BCUT2D eigenvalue weighted by atomic mass is 10.0. The Balaban J connectivity index is 1.40. The first-order valence-electron chi connectivity index (χ1n) is 9.95. The van der Waals surface area contributed by atoms with Crippen molar-refractivity contribution in [2.24, 2.45) is 0 Å². The van der Waals surface area contributed by atoms with Crippen molar-refractivity contribution in [1.82, 2.24) is 0 Å². The summed E-state index contributed by atoms with van der Waals surface area (Å²) in [6.45, 7) is -0.169. The highest BCUT2D eigenvalue weighted by Crippen LogP contribution is 2.32. The van der Waals surface area contributed by atoms with Gasteiger partial charge in [0.05, 0.1) is 18.8 Å². The summed E-state index contributed by atoms with van der Waals surface area (Å²) < 4.78 is 5.69. The molecule has 4 rings (SSSR count). The number of hydrogen-bond donors (Lipinski definition) is 2. The molecule has 1 fully saturated rings. The van der Waals surface area contributed by atoms with Gasteiger partial charge in [0.25, 0.3) is 0 Å². The van der Waals surface area contributed by atoms with Crippen molar-refractivity contribution < 1.29 is 14.9 Å². The molecule has 3 atom stereocenters. The Bertz CT molecular complexity index is 1090. The van der Waals surface area contributed by atoms with E-state index >= 15 is 0 Å². The van der Waals surface area contributed by atoms with Gasteiger partial charge in [-0.2, -0.15) is 0 Å². The summed E-state index contributed by atoms with van der Waals surface area (Å²) in [6.07, 6.45) is -0.825. The molecule has 1 aliphatic rings. The van der Waals surface area contributed by atoms with E-state index in [0.29, 0.717) is 6.42 Å². The standard InChI is InChI=1S/C27H22O3/c28-19-27-25(29)18-26(30-27)24-16-14-23(15-17-24)13-12-22-10-8-21(9-11-22)7-6-20-4-2-1-3-5-20/h1-5,8-11,14-17,25-29H,18-19H2. The minimum atomic E-state index is -0.625. The molecular formula is C27H22O3. The third-order valence-electron chi connectivity index (χ3n) is 5.05. The molecule has 3 aromatic carbocycles. The second-order valence-electron chi connectivity index (χ2n) is 7.21. The summed E-state index contributed by atoms with van der Waals surface area (Å²) in [5.74, 6) is 12.7. The van der Waals surface area contributed by atoms with E-state index in [0.717, 1.165) is 27.8 Å². The average molecular weight is 394 g/mol. The largest absolute Gasteiger partial charge is 0.394 e. The summed E-state index contributed by atoms with van der Waals surface area (Å²) in [5.41, 5.74) is 4.76. The van der Waals surface area contributed by atoms with Gasteiger partial charge in [-0.05, 0) is 54.1 Å². The fourth-order valence-electron chi connectivity index (χ4n) is 3.34. The average Bonchev–Trinajstić information content (AvgIpc) is 3.18. The van der Waals surface area contributed by atoms with Crippen molar-refractivity contribution in [2.45, 2.75) is 24.7 Å². The zero-order valence-electron chi connectivity index (χ0n) is 16.5. The predicted molar refractivity (Wildman–Crippen MR) is 117 cm³/mol.